The molecule has 4 heteroatoms. The molecule has 0 spiro atoms. The Morgan fingerprint density at radius 3 is 2.35 bits per heavy atom. The van der Waals surface area contributed by atoms with E-state index in [1.54, 1.807) is 0 Å². The molecule has 0 bridgehead atoms. The largest absolute Gasteiger partial charge is 0.473 e. The highest BCUT2D eigenvalue weighted by Gasteiger charge is 2.09. The second kappa shape index (κ2) is 7.23. The van der Waals surface area contributed by atoms with Crippen LogP contribution in [0.5, 0.6) is 5.88 Å². The molecule has 0 N–H and O–H groups in total. The van der Waals surface area contributed by atoms with Gasteiger partial charge in [-0.05, 0) is 30.7 Å². The van der Waals surface area contributed by atoms with Crippen molar-refractivity contribution in [1.29, 1.82) is 0 Å². The fourth-order valence-corrected chi connectivity index (χ4v) is 2.82. The van der Waals surface area contributed by atoms with Crippen LogP contribution in [-0.2, 0) is 6.61 Å². The molecule has 0 atom stereocenters. The number of para-hydroxylation sites is 1. The normalized spacial score (nSPS) is 10.7. The van der Waals surface area contributed by atoms with Gasteiger partial charge in [-0.2, -0.15) is 0 Å². The summed E-state index contributed by atoms with van der Waals surface area (Å²) in [6.07, 6.45) is 3.84. The summed E-state index contributed by atoms with van der Waals surface area (Å²) in [7, 11) is 0. The van der Waals surface area contributed by atoms with Crippen molar-refractivity contribution in [2.24, 2.45) is 0 Å². The number of aryl methyl sites for hydroxylation is 1. The lowest BCUT2D eigenvalue weighted by Crippen LogP contribution is -1.98. The monoisotopic (exact) mass is 341 g/mol. The molecule has 0 amide bonds. The Balaban J connectivity index is 1.52. The first-order chi connectivity index (χ1) is 12.8. The van der Waals surface area contributed by atoms with E-state index in [2.05, 4.69) is 22.1 Å². The van der Waals surface area contributed by atoms with Crippen molar-refractivity contribution in [3.05, 3.63) is 96.6 Å². The lowest BCUT2D eigenvalue weighted by Gasteiger charge is -2.08. The van der Waals surface area contributed by atoms with E-state index in [1.807, 2.05) is 84.7 Å². The zero-order chi connectivity index (χ0) is 17.8. The summed E-state index contributed by atoms with van der Waals surface area (Å²) in [5.74, 6) is 0.623. The van der Waals surface area contributed by atoms with E-state index in [0.29, 0.717) is 12.5 Å². The van der Waals surface area contributed by atoms with Gasteiger partial charge >= 0.3 is 0 Å². The van der Waals surface area contributed by atoms with Gasteiger partial charge in [0.2, 0.25) is 5.88 Å². The van der Waals surface area contributed by atoms with E-state index < -0.39 is 0 Å². The molecule has 4 aromatic rings. The number of pyridine rings is 1. The maximum absolute atomic E-state index is 5.80. The lowest BCUT2D eigenvalue weighted by atomic mass is 10.1. The number of hydrogen-bond donors (Lipinski definition) is 0. The molecule has 2 aromatic heterocycles. The first kappa shape index (κ1) is 16.1. The van der Waals surface area contributed by atoms with E-state index in [-0.39, 0.29) is 0 Å². The van der Waals surface area contributed by atoms with Crippen LogP contribution >= 0.6 is 0 Å². The molecule has 0 aliphatic rings. The van der Waals surface area contributed by atoms with Crippen molar-refractivity contribution < 1.29 is 4.74 Å². The summed E-state index contributed by atoms with van der Waals surface area (Å²) in [5, 5.41) is 0. The minimum Gasteiger partial charge on any atom is -0.473 e. The van der Waals surface area contributed by atoms with Crippen LogP contribution in [0.4, 0.5) is 0 Å². The molecule has 0 unspecified atom stereocenters. The average Bonchev–Trinajstić information content (AvgIpc) is 3.18. The molecule has 26 heavy (non-hydrogen) atoms. The highest BCUT2D eigenvalue weighted by Crippen LogP contribution is 2.24. The van der Waals surface area contributed by atoms with Gasteiger partial charge in [-0.3, -0.25) is 0 Å². The van der Waals surface area contributed by atoms with Crippen LogP contribution in [-0.4, -0.2) is 14.5 Å². The Hall–Kier alpha value is -3.40. The molecule has 0 aliphatic carbocycles. The van der Waals surface area contributed by atoms with Crippen LogP contribution in [0.15, 0.2) is 85.3 Å². The summed E-state index contributed by atoms with van der Waals surface area (Å²) in [6, 6.07) is 24.1. The molecule has 2 heterocycles. The molecule has 0 radical (unpaired) electrons. The summed E-state index contributed by atoms with van der Waals surface area (Å²) in [5.41, 5.74) is 5.01. The van der Waals surface area contributed by atoms with Crippen LogP contribution in [0.1, 0.15) is 11.3 Å². The van der Waals surface area contributed by atoms with E-state index in [9.17, 15) is 0 Å². The minimum atomic E-state index is 0.509. The maximum Gasteiger partial charge on any atom is 0.213 e. The Bertz CT molecular complexity index is 994. The highest BCUT2D eigenvalue weighted by molar-refractivity contribution is 5.62. The van der Waals surface area contributed by atoms with Gasteiger partial charge in [-0.15, -0.1) is 0 Å². The Morgan fingerprint density at radius 2 is 1.62 bits per heavy atom. The molecular formula is C22H19N3O. The predicted molar refractivity (Wildman–Crippen MR) is 102 cm³/mol. The maximum atomic E-state index is 5.80. The second-order valence-corrected chi connectivity index (χ2v) is 6.06. The SMILES string of the molecule is Cc1nc(OCc2ccccc2)ccc1-c1cn(-c2ccccc2)cn1. The third kappa shape index (κ3) is 3.49. The van der Waals surface area contributed by atoms with Gasteiger partial charge in [0.05, 0.1) is 17.7 Å². The van der Waals surface area contributed by atoms with E-state index in [0.717, 1.165) is 28.2 Å². The smallest absolute Gasteiger partial charge is 0.213 e. The first-order valence-corrected chi connectivity index (χ1v) is 8.54. The number of aromatic nitrogens is 3. The summed E-state index contributed by atoms with van der Waals surface area (Å²) in [4.78, 5) is 9.10. The van der Waals surface area contributed by atoms with Crippen molar-refractivity contribution in [3.8, 4) is 22.8 Å². The highest BCUT2D eigenvalue weighted by atomic mass is 16.5. The van der Waals surface area contributed by atoms with Gasteiger partial charge in [0.1, 0.15) is 6.61 Å². The van der Waals surface area contributed by atoms with Crippen molar-refractivity contribution in [3.63, 3.8) is 0 Å². The molecule has 0 fully saturated rings. The van der Waals surface area contributed by atoms with Gasteiger partial charge in [0, 0.05) is 23.5 Å². The molecule has 0 saturated heterocycles. The van der Waals surface area contributed by atoms with Gasteiger partial charge in [-0.1, -0.05) is 48.5 Å². The fraction of sp³-hybridized carbons (Fsp3) is 0.0909. The molecule has 4 nitrogen and oxygen atoms in total. The zero-order valence-corrected chi connectivity index (χ0v) is 14.5. The van der Waals surface area contributed by atoms with Crippen LogP contribution in [0.3, 0.4) is 0 Å². The molecule has 0 aliphatic heterocycles. The van der Waals surface area contributed by atoms with Crippen molar-refractivity contribution >= 4 is 0 Å². The number of rotatable bonds is 5. The van der Waals surface area contributed by atoms with E-state index in [1.165, 1.54) is 0 Å². The van der Waals surface area contributed by atoms with E-state index in [4.69, 9.17) is 4.74 Å². The van der Waals surface area contributed by atoms with Gasteiger partial charge in [-0.25, -0.2) is 9.97 Å². The molecule has 0 saturated carbocycles. The first-order valence-electron chi connectivity index (χ1n) is 8.54. The lowest BCUT2D eigenvalue weighted by molar-refractivity contribution is 0.293. The van der Waals surface area contributed by atoms with E-state index >= 15 is 0 Å². The molecule has 2 aromatic carbocycles. The van der Waals surface area contributed by atoms with Crippen molar-refractivity contribution in [2.75, 3.05) is 0 Å². The van der Waals surface area contributed by atoms with Crippen LogP contribution < -0.4 is 4.74 Å². The van der Waals surface area contributed by atoms with Gasteiger partial charge < -0.3 is 9.30 Å². The Morgan fingerprint density at radius 1 is 0.885 bits per heavy atom. The number of imidazole rings is 1. The van der Waals surface area contributed by atoms with Crippen LogP contribution in [0, 0.1) is 6.92 Å². The predicted octanol–water partition coefficient (Wildman–Crippen LogP) is 4.82. The quantitative estimate of drug-likeness (QED) is 0.522. The average molecular weight is 341 g/mol. The van der Waals surface area contributed by atoms with Crippen molar-refractivity contribution in [2.45, 2.75) is 13.5 Å². The number of benzene rings is 2. The van der Waals surface area contributed by atoms with Crippen LogP contribution in [0.25, 0.3) is 16.9 Å². The Kier molecular flexibility index (Phi) is 4.48. The minimum absolute atomic E-state index is 0.509. The second-order valence-electron chi connectivity index (χ2n) is 6.06. The summed E-state index contributed by atoms with van der Waals surface area (Å²) < 4.78 is 7.81. The molecule has 128 valence electrons. The van der Waals surface area contributed by atoms with Crippen molar-refractivity contribution in [1.82, 2.24) is 14.5 Å². The molecule has 4 rings (SSSR count). The fourth-order valence-electron chi connectivity index (χ4n) is 2.82. The number of nitrogens with zero attached hydrogens (tertiary/aromatic N) is 3. The number of hydrogen-bond acceptors (Lipinski definition) is 3. The summed E-state index contributed by atoms with van der Waals surface area (Å²) >= 11 is 0. The Labute approximate surface area is 152 Å². The molecular weight excluding hydrogens is 322 g/mol. The van der Waals surface area contributed by atoms with Gasteiger partial charge in [0.15, 0.2) is 0 Å². The van der Waals surface area contributed by atoms with Crippen LogP contribution in [0.2, 0.25) is 0 Å². The third-order valence-corrected chi connectivity index (χ3v) is 4.20. The topological polar surface area (TPSA) is 39.9 Å². The standard InChI is InChI=1S/C22H19N3O/c1-17-20(21-14-25(16-23-21)19-10-6-3-7-11-19)12-13-22(24-17)26-15-18-8-4-2-5-9-18/h2-14,16H,15H2,1H3. The number of ether oxygens (including phenoxy) is 1. The van der Waals surface area contributed by atoms with Gasteiger partial charge in [0.25, 0.3) is 0 Å². The zero-order valence-electron chi connectivity index (χ0n) is 14.5. The summed E-state index contributed by atoms with van der Waals surface area (Å²) in [6.45, 7) is 2.49. The third-order valence-electron chi connectivity index (χ3n) is 4.20.